The van der Waals surface area contributed by atoms with E-state index in [1.807, 2.05) is 7.05 Å². The van der Waals surface area contributed by atoms with E-state index in [4.69, 9.17) is 10.5 Å². The number of amides is 1. The van der Waals surface area contributed by atoms with Crippen LogP contribution in [0.5, 0.6) is 0 Å². The Bertz CT molecular complexity index is 237. The first-order chi connectivity index (χ1) is 7.46. The van der Waals surface area contributed by atoms with E-state index in [2.05, 4.69) is 19.2 Å². The highest BCUT2D eigenvalue weighted by molar-refractivity contribution is 5.82. The normalized spacial score (nSPS) is 21.9. The van der Waals surface area contributed by atoms with Gasteiger partial charge in [-0.1, -0.05) is 13.8 Å². The summed E-state index contributed by atoms with van der Waals surface area (Å²) in [6, 6.07) is -0.202. The smallest absolute Gasteiger partial charge is 0.241 e. The van der Waals surface area contributed by atoms with Crippen molar-refractivity contribution in [3.05, 3.63) is 0 Å². The van der Waals surface area contributed by atoms with Crippen LogP contribution in [0.4, 0.5) is 0 Å². The summed E-state index contributed by atoms with van der Waals surface area (Å²) < 4.78 is 5.28. The van der Waals surface area contributed by atoms with Crippen LogP contribution in [0.25, 0.3) is 0 Å². The molecule has 0 aliphatic carbocycles. The molecule has 0 radical (unpaired) electrons. The zero-order valence-corrected chi connectivity index (χ0v) is 10.5. The van der Waals surface area contributed by atoms with Crippen molar-refractivity contribution in [3.8, 4) is 0 Å². The number of ether oxygens (including phenoxy) is 1. The highest BCUT2D eigenvalue weighted by Crippen LogP contribution is 2.14. The van der Waals surface area contributed by atoms with Crippen molar-refractivity contribution in [2.45, 2.75) is 19.9 Å². The summed E-state index contributed by atoms with van der Waals surface area (Å²) in [6.07, 6.45) is 0. The number of nitrogens with two attached hydrogens (primary N) is 1. The zero-order chi connectivity index (χ0) is 12.2. The van der Waals surface area contributed by atoms with E-state index in [9.17, 15) is 4.79 Å². The number of likely N-dealkylation sites (N-methyl/N-ethyl adjacent to an activating group) is 1. The summed E-state index contributed by atoms with van der Waals surface area (Å²) in [6.45, 7) is 7.24. The molecular formula is C11H23N3O2. The van der Waals surface area contributed by atoms with Crippen molar-refractivity contribution in [2.75, 3.05) is 39.9 Å². The van der Waals surface area contributed by atoms with Gasteiger partial charge in [0.15, 0.2) is 0 Å². The number of morpholine rings is 1. The number of hydrogen-bond donors (Lipinski definition) is 2. The fraction of sp³-hybridized carbons (Fsp3) is 0.909. The average Bonchev–Trinajstić information content (AvgIpc) is 2.28. The molecule has 1 rings (SSSR count). The second-order valence-electron chi connectivity index (χ2n) is 5.14. The standard InChI is InChI=1S/C11H23N3O2/c1-11(2,7-12)8-14(3)10(15)9-6-16-5-4-13-9/h9,13H,4-8,12H2,1-3H3. The van der Waals surface area contributed by atoms with E-state index in [0.717, 1.165) is 6.54 Å². The summed E-state index contributed by atoms with van der Waals surface area (Å²) in [7, 11) is 1.82. The molecule has 1 saturated heterocycles. The van der Waals surface area contributed by atoms with Gasteiger partial charge < -0.3 is 20.7 Å². The maximum absolute atomic E-state index is 12.0. The van der Waals surface area contributed by atoms with Crippen LogP contribution in [0.1, 0.15) is 13.8 Å². The Hall–Kier alpha value is -0.650. The number of carbonyl (C=O) groups excluding carboxylic acids is 1. The molecule has 1 aliphatic rings. The first kappa shape index (κ1) is 13.4. The van der Waals surface area contributed by atoms with Crippen LogP contribution in [0, 0.1) is 5.41 Å². The topological polar surface area (TPSA) is 67.6 Å². The first-order valence-corrected chi connectivity index (χ1v) is 5.72. The van der Waals surface area contributed by atoms with Crippen molar-refractivity contribution in [1.29, 1.82) is 0 Å². The lowest BCUT2D eigenvalue weighted by molar-refractivity contribution is -0.136. The molecule has 1 amide bonds. The Morgan fingerprint density at radius 3 is 2.81 bits per heavy atom. The molecule has 5 nitrogen and oxygen atoms in total. The maximum atomic E-state index is 12.0. The lowest BCUT2D eigenvalue weighted by Gasteiger charge is -2.32. The molecule has 1 aliphatic heterocycles. The Balaban J connectivity index is 2.46. The predicted octanol–water partition coefficient (Wildman–Crippen LogP) is -0.582. The van der Waals surface area contributed by atoms with Crippen LogP contribution in [0.3, 0.4) is 0 Å². The second kappa shape index (κ2) is 5.61. The summed E-state index contributed by atoms with van der Waals surface area (Å²) >= 11 is 0. The Labute approximate surface area is 97.3 Å². The number of nitrogens with zero attached hydrogens (tertiary/aromatic N) is 1. The monoisotopic (exact) mass is 229 g/mol. The van der Waals surface area contributed by atoms with Crippen LogP contribution in [-0.4, -0.2) is 56.7 Å². The molecule has 3 N–H and O–H groups in total. The van der Waals surface area contributed by atoms with Crippen LogP contribution in [0.15, 0.2) is 0 Å². The Morgan fingerprint density at radius 2 is 2.31 bits per heavy atom. The molecule has 0 aromatic rings. The molecule has 1 atom stereocenters. The molecule has 0 aromatic carbocycles. The van der Waals surface area contributed by atoms with Crippen molar-refractivity contribution < 1.29 is 9.53 Å². The lowest BCUT2D eigenvalue weighted by atomic mass is 9.93. The predicted molar refractivity (Wildman–Crippen MR) is 63.1 cm³/mol. The van der Waals surface area contributed by atoms with Gasteiger partial charge in [0, 0.05) is 20.1 Å². The maximum Gasteiger partial charge on any atom is 0.241 e. The van der Waals surface area contributed by atoms with E-state index >= 15 is 0 Å². The van der Waals surface area contributed by atoms with Crippen molar-refractivity contribution in [3.63, 3.8) is 0 Å². The number of carbonyl (C=O) groups is 1. The molecule has 1 heterocycles. The molecule has 5 heteroatoms. The lowest BCUT2D eigenvalue weighted by Crippen LogP contribution is -2.53. The summed E-state index contributed by atoms with van der Waals surface area (Å²) in [4.78, 5) is 13.8. The van der Waals surface area contributed by atoms with Gasteiger partial charge in [-0.25, -0.2) is 0 Å². The Kier molecular flexibility index (Phi) is 4.70. The van der Waals surface area contributed by atoms with Crippen LogP contribution in [-0.2, 0) is 9.53 Å². The number of nitrogens with one attached hydrogen (secondary N) is 1. The quantitative estimate of drug-likeness (QED) is 0.677. The third kappa shape index (κ3) is 3.73. The largest absolute Gasteiger partial charge is 0.378 e. The minimum Gasteiger partial charge on any atom is -0.378 e. The molecular weight excluding hydrogens is 206 g/mol. The van der Waals surface area contributed by atoms with Gasteiger partial charge in [-0.3, -0.25) is 4.79 Å². The van der Waals surface area contributed by atoms with Gasteiger partial charge in [0.2, 0.25) is 5.91 Å². The minimum absolute atomic E-state index is 0.0417. The molecule has 94 valence electrons. The van der Waals surface area contributed by atoms with E-state index in [-0.39, 0.29) is 17.4 Å². The minimum atomic E-state index is -0.202. The van der Waals surface area contributed by atoms with Gasteiger partial charge in [-0.05, 0) is 12.0 Å². The second-order valence-corrected chi connectivity index (χ2v) is 5.14. The van der Waals surface area contributed by atoms with Gasteiger partial charge in [-0.2, -0.15) is 0 Å². The van der Waals surface area contributed by atoms with Crippen LogP contribution in [0.2, 0.25) is 0 Å². The molecule has 0 bridgehead atoms. The van der Waals surface area contributed by atoms with Gasteiger partial charge in [0.1, 0.15) is 6.04 Å². The van der Waals surface area contributed by atoms with E-state index in [0.29, 0.717) is 26.3 Å². The van der Waals surface area contributed by atoms with E-state index in [1.165, 1.54) is 0 Å². The van der Waals surface area contributed by atoms with Gasteiger partial charge >= 0.3 is 0 Å². The number of rotatable bonds is 4. The van der Waals surface area contributed by atoms with Crippen LogP contribution >= 0.6 is 0 Å². The fourth-order valence-electron chi connectivity index (χ4n) is 1.77. The first-order valence-electron chi connectivity index (χ1n) is 5.72. The highest BCUT2D eigenvalue weighted by Gasteiger charge is 2.27. The average molecular weight is 229 g/mol. The van der Waals surface area contributed by atoms with Crippen molar-refractivity contribution in [2.24, 2.45) is 11.1 Å². The SMILES string of the molecule is CN(CC(C)(C)CN)C(=O)C1COCCN1. The highest BCUT2D eigenvalue weighted by atomic mass is 16.5. The van der Waals surface area contributed by atoms with E-state index < -0.39 is 0 Å². The summed E-state index contributed by atoms with van der Waals surface area (Å²) in [5.41, 5.74) is 5.61. The molecule has 0 spiro atoms. The molecule has 16 heavy (non-hydrogen) atoms. The Morgan fingerprint density at radius 1 is 1.62 bits per heavy atom. The molecule has 0 saturated carbocycles. The fourth-order valence-corrected chi connectivity index (χ4v) is 1.77. The van der Waals surface area contributed by atoms with Crippen molar-refractivity contribution >= 4 is 5.91 Å². The molecule has 1 fully saturated rings. The van der Waals surface area contributed by atoms with Crippen LogP contribution < -0.4 is 11.1 Å². The van der Waals surface area contributed by atoms with Gasteiger partial charge in [0.05, 0.1) is 13.2 Å². The summed E-state index contributed by atoms with van der Waals surface area (Å²) in [5.74, 6) is 0.0845. The third-order valence-electron chi connectivity index (χ3n) is 2.81. The van der Waals surface area contributed by atoms with Gasteiger partial charge in [-0.15, -0.1) is 0 Å². The van der Waals surface area contributed by atoms with E-state index in [1.54, 1.807) is 4.90 Å². The van der Waals surface area contributed by atoms with Crippen molar-refractivity contribution in [1.82, 2.24) is 10.2 Å². The zero-order valence-electron chi connectivity index (χ0n) is 10.5. The third-order valence-corrected chi connectivity index (χ3v) is 2.81. The number of hydrogen-bond acceptors (Lipinski definition) is 4. The summed E-state index contributed by atoms with van der Waals surface area (Å²) in [5, 5.41) is 3.16. The van der Waals surface area contributed by atoms with Gasteiger partial charge in [0.25, 0.3) is 0 Å². The molecule has 0 aromatic heterocycles. The molecule has 1 unspecified atom stereocenters.